The quantitative estimate of drug-likeness (QED) is 0.740. The van der Waals surface area contributed by atoms with E-state index in [1.165, 1.54) is 35.7 Å². The zero-order valence-corrected chi connectivity index (χ0v) is 16.7. The Kier molecular flexibility index (Phi) is 6.15. The van der Waals surface area contributed by atoms with Crippen LogP contribution >= 0.6 is 0 Å². The molecular formula is C20H20FN3O4S. The molecule has 1 aliphatic heterocycles. The molecule has 1 aliphatic rings. The van der Waals surface area contributed by atoms with Crippen molar-refractivity contribution in [1.29, 1.82) is 5.26 Å². The molecule has 0 radical (unpaired) electrons. The van der Waals surface area contributed by atoms with Gasteiger partial charge < -0.3 is 9.64 Å². The highest BCUT2D eigenvalue weighted by Gasteiger charge is 2.31. The van der Waals surface area contributed by atoms with Crippen molar-refractivity contribution in [3.05, 3.63) is 59.4 Å². The normalized spacial score (nSPS) is 15.0. The van der Waals surface area contributed by atoms with Crippen molar-refractivity contribution in [2.45, 2.75) is 11.3 Å². The molecule has 2 aromatic carbocycles. The lowest BCUT2D eigenvalue weighted by Crippen LogP contribution is -2.50. The Bertz CT molecular complexity index is 1060. The summed E-state index contributed by atoms with van der Waals surface area (Å²) in [5, 5.41) is 9.17. The van der Waals surface area contributed by atoms with E-state index < -0.39 is 15.8 Å². The van der Waals surface area contributed by atoms with Gasteiger partial charge >= 0.3 is 0 Å². The van der Waals surface area contributed by atoms with Gasteiger partial charge in [0.15, 0.2) is 11.6 Å². The highest BCUT2D eigenvalue weighted by Crippen LogP contribution is 2.22. The van der Waals surface area contributed by atoms with Crippen molar-refractivity contribution in [2.24, 2.45) is 0 Å². The smallest absolute Gasteiger partial charge is 0.244 e. The maximum atomic E-state index is 13.8. The molecule has 1 amide bonds. The lowest BCUT2D eigenvalue weighted by atomic mass is 10.1. The summed E-state index contributed by atoms with van der Waals surface area (Å²) in [6.07, 6.45) is 0.0188. The van der Waals surface area contributed by atoms with Crippen molar-refractivity contribution < 1.29 is 22.3 Å². The van der Waals surface area contributed by atoms with Crippen LogP contribution < -0.4 is 4.74 Å². The maximum Gasteiger partial charge on any atom is 0.244 e. The summed E-state index contributed by atoms with van der Waals surface area (Å²) < 4.78 is 45.6. The third-order valence-corrected chi connectivity index (χ3v) is 6.75. The van der Waals surface area contributed by atoms with Crippen LogP contribution in [0.2, 0.25) is 0 Å². The predicted molar refractivity (Wildman–Crippen MR) is 103 cm³/mol. The van der Waals surface area contributed by atoms with E-state index in [1.807, 2.05) is 6.07 Å². The van der Waals surface area contributed by atoms with E-state index in [1.54, 1.807) is 23.1 Å². The second-order valence-electron chi connectivity index (χ2n) is 6.54. The molecule has 0 spiro atoms. The van der Waals surface area contributed by atoms with Crippen LogP contribution in [0, 0.1) is 17.1 Å². The van der Waals surface area contributed by atoms with Gasteiger partial charge in [0, 0.05) is 26.2 Å². The Morgan fingerprint density at radius 3 is 2.48 bits per heavy atom. The summed E-state index contributed by atoms with van der Waals surface area (Å²) in [6.45, 7) is 0.715. The third kappa shape index (κ3) is 4.39. The summed E-state index contributed by atoms with van der Waals surface area (Å²) >= 11 is 0. The van der Waals surface area contributed by atoms with E-state index in [9.17, 15) is 17.6 Å². The first-order chi connectivity index (χ1) is 13.9. The fraction of sp³-hybridized carbons (Fsp3) is 0.300. The Morgan fingerprint density at radius 1 is 1.17 bits per heavy atom. The van der Waals surface area contributed by atoms with Gasteiger partial charge in [0.2, 0.25) is 15.9 Å². The Labute approximate surface area is 169 Å². The Hall–Kier alpha value is -2.96. The zero-order chi connectivity index (χ0) is 21.0. The molecule has 29 heavy (non-hydrogen) atoms. The number of hydrogen-bond donors (Lipinski definition) is 0. The molecule has 0 aliphatic carbocycles. The standard InChI is InChI=1S/C20H20FN3O4S/c1-28-18-7-6-15(12-17(18)21)13-20(25)23-8-10-24(11-9-23)29(26,27)19-5-3-2-4-16(19)14-22/h2-7,12H,8-11,13H2,1H3. The number of halogens is 1. The van der Waals surface area contributed by atoms with E-state index in [-0.39, 0.29) is 54.7 Å². The number of carbonyl (C=O) groups excluding carboxylic acids is 1. The Morgan fingerprint density at radius 2 is 1.86 bits per heavy atom. The molecule has 152 valence electrons. The largest absolute Gasteiger partial charge is 0.494 e. The highest BCUT2D eigenvalue weighted by atomic mass is 32.2. The van der Waals surface area contributed by atoms with Gasteiger partial charge in [-0.25, -0.2) is 12.8 Å². The monoisotopic (exact) mass is 417 g/mol. The molecule has 0 N–H and O–H groups in total. The SMILES string of the molecule is COc1ccc(CC(=O)N2CCN(S(=O)(=O)c3ccccc3C#N)CC2)cc1F. The minimum atomic E-state index is -3.82. The van der Waals surface area contributed by atoms with Crippen LogP contribution in [0.25, 0.3) is 0 Å². The van der Waals surface area contributed by atoms with Gasteiger partial charge in [0.25, 0.3) is 0 Å². The maximum absolute atomic E-state index is 13.8. The summed E-state index contributed by atoms with van der Waals surface area (Å²) in [6, 6.07) is 12.3. The second-order valence-corrected chi connectivity index (χ2v) is 8.44. The summed E-state index contributed by atoms with van der Waals surface area (Å²) in [7, 11) is -2.45. The van der Waals surface area contributed by atoms with E-state index in [4.69, 9.17) is 10.00 Å². The van der Waals surface area contributed by atoms with Gasteiger partial charge in [-0.1, -0.05) is 18.2 Å². The molecule has 1 heterocycles. The van der Waals surface area contributed by atoms with Gasteiger partial charge in [-0.15, -0.1) is 0 Å². The minimum absolute atomic E-state index is 0.0188. The van der Waals surface area contributed by atoms with Crippen LogP contribution in [-0.2, 0) is 21.2 Å². The van der Waals surface area contributed by atoms with Crippen LogP contribution in [0.4, 0.5) is 4.39 Å². The van der Waals surface area contributed by atoms with Crippen LogP contribution in [-0.4, -0.2) is 56.8 Å². The van der Waals surface area contributed by atoms with E-state index >= 15 is 0 Å². The van der Waals surface area contributed by atoms with Crippen LogP contribution in [0.1, 0.15) is 11.1 Å². The average Bonchev–Trinajstić information content (AvgIpc) is 2.74. The molecule has 2 aromatic rings. The molecule has 0 bridgehead atoms. The number of rotatable bonds is 5. The van der Waals surface area contributed by atoms with Crippen LogP contribution in [0.5, 0.6) is 5.75 Å². The fourth-order valence-electron chi connectivity index (χ4n) is 3.21. The van der Waals surface area contributed by atoms with E-state index in [0.717, 1.165) is 0 Å². The van der Waals surface area contributed by atoms with E-state index in [2.05, 4.69) is 0 Å². The third-order valence-electron chi connectivity index (χ3n) is 4.79. The van der Waals surface area contributed by atoms with Gasteiger partial charge in [-0.3, -0.25) is 4.79 Å². The molecule has 7 nitrogen and oxygen atoms in total. The number of nitrogens with zero attached hydrogens (tertiary/aromatic N) is 3. The van der Waals surface area contributed by atoms with Crippen LogP contribution in [0.15, 0.2) is 47.4 Å². The first-order valence-corrected chi connectivity index (χ1v) is 10.4. The number of nitriles is 1. The summed E-state index contributed by atoms with van der Waals surface area (Å²) in [5.74, 6) is -0.633. The highest BCUT2D eigenvalue weighted by molar-refractivity contribution is 7.89. The lowest BCUT2D eigenvalue weighted by Gasteiger charge is -2.34. The van der Waals surface area contributed by atoms with Gasteiger partial charge in [-0.05, 0) is 29.8 Å². The Balaban J connectivity index is 1.65. The summed E-state index contributed by atoms with van der Waals surface area (Å²) in [4.78, 5) is 14.0. The number of carbonyl (C=O) groups is 1. The number of piperazine rings is 1. The number of benzene rings is 2. The van der Waals surface area contributed by atoms with Gasteiger partial charge in [-0.2, -0.15) is 9.57 Å². The molecule has 9 heteroatoms. The molecule has 0 aromatic heterocycles. The molecule has 0 unspecified atom stereocenters. The van der Waals surface area contributed by atoms with Crippen LogP contribution in [0.3, 0.4) is 0 Å². The molecule has 3 rings (SSSR count). The number of hydrogen-bond acceptors (Lipinski definition) is 5. The molecule has 1 saturated heterocycles. The molecule has 0 atom stereocenters. The topological polar surface area (TPSA) is 90.7 Å². The van der Waals surface area contributed by atoms with Crippen molar-refractivity contribution >= 4 is 15.9 Å². The van der Waals surface area contributed by atoms with Crippen molar-refractivity contribution in [1.82, 2.24) is 9.21 Å². The first-order valence-electron chi connectivity index (χ1n) is 8.96. The number of amides is 1. The van der Waals surface area contributed by atoms with Crippen molar-refractivity contribution in [2.75, 3.05) is 33.3 Å². The first kappa shape index (κ1) is 20.8. The number of ether oxygens (including phenoxy) is 1. The molecule has 0 saturated carbocycles. The predicted octanol–water partition coefficient (Wildman–Crippen LogP) is 1.78. The molecular weight excluding hydrogens is 397 g/mol. The lowest BCUT2D eigenvalue weighted by molar-refractivity contribution is -0.131. The minimum Gasteiger partial charge on any atom is -0.494 e. The van der Waals surface area contributed by atoms with Gasteiger partial charge in [0.05, 0.1) is 24.0 Å². The zero-order valence-electron chi connectivity index (χ0n) is 15.8. The molecule has 1 fully saturated rings. The number of methoxy groups -OCH3 is 1. The van der Waals surface area contributed by atoms with Crippen molar-refractivity contribution in [3.63, 3.8) is 0 Å². The summed E-state index contributed by atoms with van der Waals surface area (Å²) in [5.41, 5.74) is 0.610. The number of sulfonamides is 1. The fourth-order valence-corrected chi connectivity index (χ4v) is 4.77. The van der Waals surface area contributed by atoms with Crippen molar-refractivity contribution in [3.8, 4) is 11.8 Å². The van der Waals surface area contributed by atoms with E-state index in [0.29, 0.717) is 5.56 Å². The average molecular weight is 417 g/mol. The second kappa shape index (κ2) is 8.59. The van der Waals surface area contributed by atoms with Gasteiger partial charge in [0.1, 0.15) is 6.07 Å².